The molecule has 1 fully saturated rings. The third-order valence-corrected chi connectivity index (χ3v) is 10.5. The van der Waals surface area contributed by atoms with Gasteiger partial charge in [-0.1, -0.05) is 206 Å². The van der Waals surface area contributed by atoms with Crippen LogP contribution in [-0.2, 0) is 9.59 Å². The van der Waals surface area contributed by atoms with Gasteiger partial charge < -0.3 is 10.6 Å². The van der Waals surface area contributed by atoms with E-state index in [1.165, 1.54) is 167 Å². The van der Waals surface area contributed by atoms with Crippen molar-refractivity contribution in [2.45, 2.75) is 257 Å². The number of carbonyl (C=O) groups excluding carboxylic acids is 2. The van der Waals surface area contributed by atoms with E-state index in [-0.39, 0.29) is 23.9 Å². The smallest absolute Gasteiger partial charge is 0.220 e. The summed E-state index contributed by atoms with van der Waals surface area (Å²) in [5, 5.41) is 6.58. The van der Waals surface area contributed by atoms with Crippen LogP contribution in [0, 0.1) is 0 Å². The number of hydrogen-bond donors (Lipinski definition) is 2. The fourth-order valence-electron chi connectivity index (χ4n) is 7.35. The number of hydrogen-bond acceptors (Lipinski definition) is 2. The van der Waals surface area contributed by atoms with Crippen molar-refractivity contribution in [2.24, 2.45) is 0 Å². The van der Waals surface area contributed by atoms with E-state index in [4.69, 9.17) is 0 Å². The summed E-state index contributed by atoms with van der Waals surface area (Å²) in [4.78, 5) is 25.4. The van der Waals surface area contributed by atoms with Crippen LogP contribution >= 0.6 is 0 Å². The van der Waals surface area contributed by atoms with Crippen molar-refractivity contribution in [3.63, 3.8) is 0 Å². The largest absolute Gasteiger partial charge is 0.351 e. The van der Waals surface area contributed by atoms with Gasteiger partial charge in [-0.25, -0.2) is 0 Å². The highest BCUT2D eigenvalue weighted by molar-refractivity contribution is 5.77. The molecule has 2 N–H and O–H groups in total. The van der Waals surface area contributed by atoms with E-state index >= 15 is 0 Å². The molecule has 0 heterocycles. The summed E-state index contributed by atoms with van der Waals surface area (Å²) >= 11 is 0. The molecule has 4 nitrogen and oxygen atoms in total. The second-order valence-electron chi connectivity index (χ2n) is 15.0. The van der Waals surface area contributed by atoms with Crippen LogP contribution in [0.3, 0.4) is 0 Å². The van der Waals surface area contributed by atoms with E-state index < -0.39 is 0 Å². The van der Waals surface area contributed by atoms with Gasteiger partial charge in [0, 0.05) is 24.9 Å². The molecule has 0 unspecified atom stereocenters. The predicted octanol–water partition coefficient (Wildman–Crippen LogP) is 13.1. The van der Waals surface area contributed by atoms with E-state index in [2.05, 4.69) is 24.5 Å². The maximum atomic E-state index is 12.7. The van der Waals surface area contributed by atoms with E-state index in [0.29, 0.717) is 12.8 Å². The molecule has 0 aromatic rings. The molecule has 4 heteroatoms. The lowest BCUT2D eigenvalue weighted by Gasteiger charge is -2.33. The molecular weight excluding hydrogens is 564 g/mol. The average molecular weight is 647 g/mol. The van der Waals surface area contributed by atoms with Gasteiger partial charge in [0.25, 0.3) is 0 Å². The van der Waals surface area contributed by atoms with Gasteiger partial charge >= 0.3 is 0 Å². The zero-order chi connectivity index (χ0) is 33.2. The Hall–Kier alpha value is -1.06. The average Bonchev–Trinajstić information content (AvgIpc) is 3.05. The molecule has 1 aliphatic carbocycles. The van der Waals surface area contributed by atoms with Gasteiger partial charge in [-0.15, -0.1) is 0 Å². The Morgan fingerprint density at radius 3 is 0.826 bits per heavy atom. The Bertz CT molecular complexity index is 610. The van der Waals surface area contributed by atoms with Crippen molar-refractivity contribution in [1.29, 1.82) is 0 Å². The molecule has 2 amide bonds. The first kappa shape index (κ1) is 43.0. The number of amides is 2. The monoisotopic (exact) mass is 647 g/mol. The van der Waals surface area contributed by atoms with E-state index in [1.807, 2.05) is 0 Å². The fourth-order valence-corrected chi connectivity index (χ4v) is 7.35. The normalized spacial score (nSPS) is 16.5. The van der Waals surface area contributed by atoms with E-state index in [0.717, 1.165) is 51.4 Å². The molecular formula is C42H82N2O2. The highest BCUT2D eigenvalue weighted by Crippen LogP contribution is 2.20. The summed E-state index contributed by atoms with van der Waals surface area (Å²) in [6, 6.07) is 0.227. The number of unbranched alkanes of at least 4 members (excludes halogenated alkanes) is 28. The SMILES string of the molecule is CCCCCCCCCCCCCCCCCC(=O)N[C@@H]1CCCC[C@H]1NC(=O)CCCCCCCCCCCCCCCCC. The maximum Gasteiger partial charge on any atom is 0.220 e. The zero-order valence-electron chi connectivity index (χ0n) is 31.4. The fraction of sp³-hybridized carbons (Fsp3) is 0.952. The van der Waals surface area contributed by atoms with Crippen LogP contribution in [0.25, 0.3) is 0 Å². The van der Waals surface area contributed by atoms with Crippen molar-refractivity contribution in [2.75, 3.05) is 0 Å². The Kier molecular flexibility index (Phi) is 31.6. The van der Waals surface area contributed by atoms with Crippen LogP contribution in [0.15, 0.2) is 0 Å². The van der Waals surface area contributed by atoms with Gasteiger partial charge in [0.05, 0.1) is 0 Å². The zero-order valence-corrected chi connectivity index (χ0v) is 31.4. The summed E-state index contributed by atoms with van der Waals surface area (Å²) < 4.78 is 0. The molecule has 0 aliphatic heterocycles. The molecule has 0 aromatic heterocycles. The van der Waals surface area contributed by atoms with Gasteiger partial charge in [-0.2, -0.15) is 0 Å². The summed E-state index contributed by atoms with van der Waals surface area (Å²) in [6.45, 7) is 4.57. The molecule has 1 saturated carbocycles. The first-order chi connectivity index (χ1) is 22.7. The van der Waals surface area contributed by atoms with E-state index in [9.17, 15) is 9.59 Å². The predicted molar refractivity (Wildman–Crippen MR) is 201 cm³/mol. The first-order valence-corrected chi connectivity index (χ1v) is 21.3. The summed E-state index contributed by atoms with van der Waals surface area (Å²) in [7, 11) is 0. The van der Waals surface area contributed by atoms with Gasteiger partial charge in [0.2, 0.25) is 11.8 Å². The maximum absolute atomic E-state index is 12.7. The van der Waals surface area contributed by atoms with Crippen molar-refractivity contribution in [3.05, 3.63) is 0 Å². The molecule has 0 radical (unpaired) electrons. The quantitative estimate of drug-likeness (QED) is 0.0683. The second-order valence-corrected chi connectivity index (χ2v) is 15.0. The standard InChI is InChI=1S/C42H82N2O2/c1-3-5-7-9-11-13-15-17-19-21-23-25-27-29-31-37-41(45)43-39-35-33-34-36-40(39)44-42(46)38-32-30-28-26-24-22-20-18-16-14-12-10-8-6-4-2/h39-40H,3-38H2,1-2H3,(H,43,45)(H,44,46)/t39-,40-/m1/s1. The molecule has 1 aliphatic rings. The minimum absolute atomic E-state index is 0.114. The van der Waals surface area contributed by atoms with Crippen LogP contribution in [0.1, 0.15) is 245 Å². The van der Waals surface area contributed by atoms with Gasteiger partial charge in [0.15, 0.2) is 0 Å². The molecule has 1 rings (SSSR count). The number of carbonyl (C=O) groups is 2. The number of nitrogens with one attached hydrogen (secondary N) is 2. The Labute approximate surface area is 288 Å². The topological polar surface area (TPSA) is 58.2 Å². The van der Waals surface area contributed by atoms with Gasteiger partial charge in [0.1, 0.15) is 0 Å². The lowest BCUT2D eigenvalue weighted by Crippen LogP contribution is -2.53. The lowest BCUT2D eigenvalue weighted by atomic mass is 9.90. The molecule has 2 atom stereocenters. The highest BCUT2D eigenvalue weighted by atomic mass is 16.2. The lowest BCUT2D eigenvalue weighted by molar-refractivity contribution is -0.125. The third kappa shape index (κ3) is 28.0. The van der Waals surface area contributed by atoms with Crippen LogP contribution in [0.4, 0.5) is 0 Å². The molecule has 0 spiro atoms. The van der Waals surface area contributed by atoms with Gasteiger partial charge in [-0.05, 0) is 25.7 Å². The summed E-state index contributed by atoms with van der Waals surface area (Å²) in [5.74, 6) is 0.367. The van der Waals surface area contributed by atoms with E-state index in [1.54, 1.807) is 0 Å². The Morgan fingerprint density at radius 1 is 0.370 bits per heavy atom. The van der Waals surface area contributed by atoms with Gasteiger partial charge in [-0.3, -0.25) is 9.59 Å². The van der Waals surface area contributed by atoms with Crippen LogP contribution in [0.2, 0.25) is 0 Å². The van der Waals surface area contributed by atoms with Crippen molar-refractivity contribution >= 4 is 11.8 Å². The second kappa shape index (κ2) is 33.8. The number of rotatable bonds is 34. The Morgan fingerprint density at radius 2 is 0.587 bits per heavy atom. The highest BCUT2D eigenvalue weighted by Gasteiger charge is 2.27. The van der Waals surface area contributed by atoms with Crippen molar-refractivity contribution in [1.82, 2.24) is 10.6 Å². The minimum Gasteiger partial charge on any atom is -0.351 e. The van der Waals surface area contributed by atoms with Crippen LogP contribution in [-0.4, -0.2) is 23.9 Å². The molecule has 0 aromatic carbocycles. The summed E-state index contributed by atoms with van der Waals surface area (Å²) in [5.41, 5.74) is 0. The first-order valence-electron chi connectivity index (χ1n) is 21.3. The van der Waals surface area contributed by atoms with Crippen molar-refractivity contribution < 1.29 is 9.59 Å². The minimum atomic E-state index is 0.114. The molecule has 46 heavy (non-hydrogen) atoms. The Balaban J connectivity index is 1.96. The van der Waals surface area contributed by atoms with Crippen molar-refractivity contribution in [3.8, 4) is 0 Å². The summed E-state index contributed by atoms with van der Waals surface area (Å²) in [6.07, 6.45) is 45.9. The molecule has 0 saturated heterocycles. The van der Waals surface area contributed by atoms with Crippen LogP contribution in [0.5, 0.6) is 0 Å². The van der Waals surface area contributed by atoms with Crippen LogP contribution < -0.4 is 10.6 Å². The molecule has 272 valence electrons. The molecule has 0 bridgehead atoms. The third-order valence-electron chi connectivity index (χ3n) is 10.5.